The monoisotopic (exact) mass is 436 g/mol. The van der Waals surface area contributed by atoms with Crippen molar-refractivity contribution in [2.45, 2.75) is 38.0 Å². The van der Waals surface area contributed by atoms with Gasteiger partial charge in [0, 0.05) is 13.0 Å². The van der Waals surface area contributed by atoms with Crippen LogP contribution < -0.4 is 16.0 Å². The van der Waals surface area contributed by atoms with E-state index in [9.17, 15) is 14.4 Å². The average molecular weight is 437 g/mol. The third-order valence-electron chi connectivity index (χ3n) is 5.27. The SMILES string of the molecule is C[C@H](NC(=O)OCc1ccccc1)C1=NCC[C@](Cc2ccccc2)(C(=O)NCC=O)N1. The number of amides is 2. The summed E-state index contributed by atoms with van der Waals surface area (Å²) in [6, 6.07) is 18.5. The Morgan fingerprint density at radius 1 is 1.12 bits per heavy atom. The number of aliphatic imine (C=N–C) groups is 1. The molecule has 0 fully saturated rings. The van der Waals surface area contributed by atoms with Crippen LogP contribution >= 0.6 is 0 Å². The van der Waals surface area contributed by atoms with Crippen LogP contribution in [0.1, 0.15) is 24.5 Å². The van der Waals surface area contributed by atoms with Crippen molar-refractivity contribution in [1.29, 1.82) is 0 Å². The van der Waals surface area contributed by atoms with Gasteiger partial charge in [-0.05, 0) is 24.5 Å². The zero-order valence-electron chi connectivity index (χ0n) is 18.0. The molecular formula is C24H28N4O4. The smallest absolute Gasteiger partial charge is 0.408 e. The number of amidine groups is 1. The van der Waals surface area contributed by atoms with Crippen LogP contribution in [0.4, 0.5) is 4.79 Å². The Hall–Kier alpha value is -3.68. The Kier molecular flexibility index (Phi) is 7.96. The molecule has 1 aliphatic rings. The molecule has 0 radical (unpaired) electrons. The first-order valence-corrected chi connectivity index (χ1v) is 10.6. The summed E-state index contributed by atoms with van der Waals surface area (Å²) in [6.07, 6.45) is 0.957. The third kappa shape index (κ3) is 6.16. The first-order chi connectivity index (χ1) is 15.5. The molecule has 0 unspecified atom stereocenters. The second-order valence-corrected chi connectivity index (χ2v) is 7.69. The average Bonchev–Trinajstić information content (AvgIpc) is 2.82. The largest absolute Gasteiger partial charge is 0.445 e. The van der Waals surface area contributed by atoms with Crippen LogP contribution in [-0.4, -0.2) is 48.8 Å². The van der Waals surface area contributed by atoms with Crippen LogP contribution in [-0.2, 0) is 27.4 Å². The lowest BCUT2D eigenvalue weighted by molar-refractivity contribution is -0.128. The molecule has 2 aromatic rings. The number of carbonyl (C=O) groups excluding carboxylic acids is 3. The molecule has 8 heteroatoms. The number of alkyl carbamates (subject to hydrolysis) is 1. The molecular weight excluding hydrogens is 408 g/mol. The fourth-order valence-corrected chi connectivity index (χ4v) is 3.60. The van der Waals surface area contributed by atoms with Crippen molar-refractivity contribution in [2.75, 3.05) is 13.1 Å². The number of rotatable bonds is 9. The zero-order valence-corrected chi connectivity index (χ0v) is 18.0. The predicted molar refractivity (Wildman–Crippen MR) is 121 cm³/mol. The Bertz CT molecular complexity index is 949. The third-order valence-corrected chi connectivity index (χ3v) is 5.27. The number of aldehydes is 1. The lowest BCUT2D eigenvalue weighted by Crippen LogP contribution is -2.65. The van der Waals surface area contributed by atoms with E-state index in [2.05, 4.69) is 20.9 Å². The van der Waals surface area contributed by atoms with Gasteiger partial charge in [0.05, 0.1) is 12.6 Å². The van der Waals surface area contributed by atoms with Crippen LogP contribution in [0.15, 0.2) is 65.7 Å². The number of hydrogen-bond donors (Lipinski definition) is 3. The maximum atomic E-state index is 13.0. The van der Waals surface area contributed by atoms with Gasteiger partial charge in [0.1, 0.15) is 24.3 Å². The molecule has 32 heavy (non-hydrogen) atoms. The number of hydrogen-bond acceptors (Lipinski definition) is 6. The van der Waals surface area contributed by atoms with Crippen molar-refractivity contribution in [2.24, 2.45) is 4.99 Å². The van der Waals surface area contributed by atoms with Gasteiger partial charge in [-0.1, -0.05) is 60.7 Å². The molecule has 0 spiro atoms. The Morgan fingerprint density at radius 2 is 1.78 bits per heavy atom. The fourth-order valence-electron chi connectivity index (χ4n) is 3.60. The summed E-state index contributed by atoms with van der Waals surface area (Å²) in [5, 5.41) is 8.68. The van der Waals surface area contributed by atoms with Crippen molar-refractivity contribution < 1.29 is 19.1 Å². The summed E-state index contributed by atoms with van der Waals surface area (Å²) in [6.45, 7) is 2.28. The second-order valence-electron chi connectivity index (χ2n) is 7.69. The molecule has 1 aliphatic heterocycles. The van der Waals surface area contributed by atoms with Crippen LogP contribution in [0.2, 0.25) is 0 Å². The van der Waals surface area contributed by atoms with E-state index in [1.165, 1.54) is 0 Å². The van der Waals surface area contributed by atoms with Crippen LogP contribution in [0, 0.1) is 0 Å². The van der Waals surface area contributed by atoms with Crippen molar-refractivity contribution in [3.63, 3.8) is 0 Å². The van der Waals surface area contributed by atoms with E-state index in [1.807, 2.05) is 60.7 Å². The van der Waals surface area contributed by atoms with E-state index in [1.54, 1.807) is 6.92 Å². The van der Waals surface area contributed by atoms with Gasteiger partial charge in [-0.2, -0.15) is 0 Å². The maximum Gasteiger partial charge on any atom is 0.408 e. The number of ether oxygens (including phenoxy) is 1. The van der Waals surface area contributed by atoms with Crippen LogP contribution in [0.25, 0.3) is 0 Å². The summed E-state index contributed by atoms with van der Waals surface area (Å²) in [5.74, 6) is 0.213. The van der Waals surface area contributed by atoms with Crippen LogP contribution in [0.3, 0.4) is 0 Å². The quantitative estimate of drug-likeness (QED) is 0.521. The van der Waals surface area contributed by atoms with Crippen molar-refractivity contribution in [1.82, 2.24) is 16.0 Å². The molecule has 2 aromatic carbocycles. The molecule has 0 aliphatic carbocycles. The van der Waals surface area contributed by atoms with E-state index in [0.717, 1.165) is 11.1 Å². The number of benzene rings is 2. The highest BCUT2D eigenvalue weighted by Crippen LogP contribution is 2.22. The van der Waals surface area contributed by atoms with Crippen LogP contribution in [0.5, 0.6) is 0 Å². The van der Waals surface area contributed by atoms with Gasteiger partial charge in [-0.25, -0.2) is 4.79 Å². The number of nitrogens with zero attached hydrogens (tertiary/aromatic N) is 1. The molecule has 0 aromatic heterocycles. The van der Waals surface area contributed by atoms with Crippen molar-refractivity contribution in [3.05, 3.63) is 71.8 Å². The highest BCUT2D eigenvalue weighted by atomic mass is 16.5. The molecule has 2 amide bonds. The molecule has 0 bridgehead atoms. The van der Waals surface area contributed by atoms with Gasteiger partial charge in [-0.15, -0.1) is 0 Å². The molecule has 168 valence electrons. The fraction of sp³-hybridized carbons (Fsp3) is 0.333. The lowest BCUT2D eigenvalue weighted by atomic mass is 9.84. The van der Waals surface area contributed by atoms with E-state index in [-0.39, 0.29) is 19.1 Å². The summed E-state index contributed by atoms with van der Waals surface area (Å²) in [4.78, 5) is 40.6. The summed E-state index contributed by atoms with van der Waals surface area (Å²) in [7, 11) is 0. The predicted octanol–water partition coefficient (Wildman–Crippen LogP) is 1.99. The Balaban J connectivity index is 1.67. The first-order valence-electron chi connectivity index (χ1n) is 10.6. The number of nitrogens with one attached hydrogen (secondary N) is 3. The van der Waals surface area contributed by atoms with E-state index < -0.39 is 17.7 Å². The normalized spacial score (nSPS) is 18.5. The Labute approximate surface area is 187 Å². The van der Waals surface area contributed by atoms with Gasteiger partial charge >= 0.3 is 6.09 Å². The first kappa shape index (κ1) is 23.0. The summed E-state index contributed by atoms with van der Waals surface area (Å²) in [5.41, 5.74) is 0.883. The van der Waals surface area contributed by atoms with Gasteiger partial charge in [0.2, 0.25) is 5.91 Å². The minimum Gasteiger partial charge on any atom is -0.445 e. The number of carbonyl (C=O) groups is 3. The summed E-state index contributed by atoms with van der Waals surface area (Å²) < 4.78 is 5.29. The molecule has 2 atom stereocenters. The second kappa shape index (κ2) is 11.1. The standard InChI is InChI=1S/C24H28N4O4/c1-18(27-23(31)32-17-20-10-6-3-7-11-20)21-25-13-12-24(28-21,22(30)26-14-15-29)16-19-8-4-2-5-9-19/h2-11,15,18H,12-14,16-17H2,1H3,(H,25,28)(H,26,30)(H,27,31)/t18-,24-/m0/s1. The van der Waals surface area contributed by atoms with Gasteiger partial charge in [0.15, 0.2) is 0 Å². The summed E-state index contributed by atoms with van der Waals surface area (Å²) >= 11 is 0. The van der Waals surface area contributed by atoms with Gasteiger partial charge in [-0.3, -0.25) is 9.79 Å². The minimum absolute atomic E-state index is 0.0663. The molecule has 3 N–H and O–H groups in total. The zero-order chi connectivity index (χ0) is 22.8. The Morgan fingerprint density at radius 3 is 2.44 bits per heavy atom. The highest BCUT2D eigenvalue weighted by molar-refractivity contribution is 5.98. The molecule has 3 rings (SSSR count). The van der Waals surface area contributed by atoms with Gasteiger partial charge < -0.3 is 25.5 Å². The molecule has 0 saturated heterocycles. The van der Waals surface area contributed by atoms with Crippen molar-refractivity contribution in [3.8, 4) is 0 Å². The van der Waals surface area contributed by atoms with E-state index in [4.69, 9.17) is 4.74 Å². The minimum atomic E-state index is -0.981. The van der Waals surface area contributed by atoms with E-state index >= 15 is 0 Å². The van der Waals surface area contributed by atoms with Gasteiger partial charge in [0.25, 0.3) is 0 Å². The molecule has 8 nitrogen and oxygen atoms in total. The topological polar surface area (TPSA) is 109 Å². The molecule has 0 saturated carbocycles. The molecule has 1 heterocycles. The lowest BCUT2D eigenvalue weighted by Gasteiger charge is -2.38. The van der Waals surface area contributed by atoms with Crippen molar-refractivity contribution >= 4 is 24.1 Å². The maximum absolute atomic E-state index is 13.0. The highest BCUT2D eigenvalue weighted by Gasteiger charge is 2.41. The van der Waals surface area contributed by atoms with E-state index in [0.29, 0.717) is 31.5 Å².